The van der Waals surface area contributed by atoms with Crippen molar-refractivity contribution in [3.8, 4) is 5.69 Å². The van der Waals surface area contributed by atoms with Crippen molar-refractivity contribution in [2.75, 3.05) is 0 Å². The van der Waals surface area contributed by atoms with Crippen LogP contribution in [0.25, 0.3) is 5.69 Å². The van der Waals surface area contributed by atoms with Crippen LogP contribution in [0.4, 0.5) is 13.2 Å². The van der Waals surface area contributed by atoms with E-state index in [1.807, 2.05) is 0 Å². The highest BCUT2D eigenvalue weighted by atomic mass is 19.4. The van der Waals surface area contributed by atoms with Gasteiger partial charge in [0.15, 0.2) is 5.76 Å². The zero-order valence-electron chi connectivity index (χ0n) is 17.3. The summed E-state index contributed by atoms with van der Waals surface area (Å²) in [5.41, 5.74) is 0.839. The molecule has 4 rings (SSSR count). The van der Waals surface area contributed by atoms with Crippen LogP contribution >= 0.6 is 0 Å². The Balaban J connectivity index is 1.50. The first-order chi connectivity index (χ1) is 15.2. The number of nitrogens with zero attached hydrogens (tertiary/aromatic N) is 4. The van der Waals surface area contributed by atoms with Crippen molar-refractivity contribution in [1.29, 1.82) is 0 Å². The molecule has 0 aliphatic heterocycles. The van der Waals surface area contributed by atoms with Gasteiger partial charge in [0, 0.05) is 24.6 Å². The highest BCUT2D eigenvalue weighted by Gasteiger charge is 2.34. The van der Waals surface area contributed by atoms with Crippen LogP contribution in [-0.4, -0.2) is 25.5 Å². The first kappa shape index (κ1) is 21.4. The van der Waals surface area contributed by atoms with Crippen molar-refractivity contribution in [3.05, 3.63) is 88.9 Å². The average Bonchev–Trinajstić information content (AvgIpc) is 3.48. The fourth-order valence-electron chi connectivity index (χ4n) is 3.41. The van der Waals surface area contributed by atoms with Crippen molar-refractivity contribution < 1.29 is 22.4 Å². The summed E-state index contributed by atoms with van der Waals surface area (Å²) in [4.78, 5) is 12.4. The maximum Gasteiger partial charge on any atom is 0.416 e. The number of rotatable bonds is 6. The number of benzene rings is 1. The maximum atomic E-state index is 13.7. The second-order valence-electron chi connectivity index (χ2n) is 7.33. The van der Waals surface area contributed by atoms with E-state index in [0.717, 1.165) is 11.8 Å². The Morgan fingerprint density at radius 3 is 2.62 bits per heavy atom. The van der Waals surface area contributed by atoms with Crippen molar-refractivity contribution in [1.82, 2.24) is 24.9 Å². The molecule has 0 radical (unpaired) electrons. The topological polar surface area (TPSA) is 77.9 Å². The molecule has 1 amide bonds. The number of alkyl halides is 3. The van der Waals surface area contributed by atoms with Crippen LogP contribution in [-0.2, 0) is 19.3 Å². The number of hydrogen-bond acceptors (Lipinski definition) is 4. The largest absolute Gasteiger partial charge is 0.454 e. The number of hydrogen-bond donors (Lipinski definition) is 1. The third kappa shape index (κ3) is 4.58. The van der Waals surface area contributed by atoms with Gasteiger partial charge in [0.25, 0.3) is 5.91 Å². The Bertz CT molecular complexity index is 1240. The van der Waals surface area contributed by atoms with E-state index in [1.165, 1.54) is 16.8 Å². The zero-order chi connectivity index (χ0) is 22.9. The summed E-state index contributed by atoms with van der Waals surface area (Å²) in [5, 5.41) is 10.8. The molecule has 1 aromatic carbocycles. The predicted octanol–water partition coefficient (Wildman–Crippen LogP) is 4.28. The molecular weight excluding hydrogens is 423 g/mol. The van der Waals surface area contributed by atoms with Gasteiger partial charge in [-0.3, -0.25) is 9.48 Å². The molecular formula is C22H20F3N5O2. The molecule has 32 heavy (non-hydrogen) atoms. The Kier molecular flexibility index (Phi) is 5.60. The normalized spacial score (nSPS) is 11.7. The Hall–Kier alpha value is -3.82. The van der Waals surface area contributed by atoms with Crippen molar-refractivity contribution >= 4 is 5.91 Å². The molecule has 3 heterocycles. The van der Waals surface area contributed by atoms with Gasteiger partial charge in [-0.2, -0.15) is 23.4 Å². The van der Waals surface area contributed by atoms with Gasteiger partial charge in [0.1, 0.15) is 5.76 Å². The summed E-state index contributed by atoms with van der Waals surface area (Å²) >= 11 is 0. The zero-order valence-corrected chi connectivity index (χ0v) is 17.3. The summed E-state index contributed by atoms with van der Waals surface area (Å²) in [6, 6.07) is 10.6. The lowest BCUT2D eigenvalue weighted by Crippen LogP contribution is -2.24. The minimum absolute atomic E-state index is 0.0139. The molecule has 0 aliphatic rings. The Labute approximate surface area is 181 Å². The molecule has 7 nitrogen and oxygen atoms in total. The molecule has 0 saturated heterocycles. The molecule has 166 valence electrons. The van der Waals surface area contributed by atoms with Gasteiger partial charge < -0.3 is 9.73 Å². The van der Waals surface area contributed by atoms with Crippen LogP contribution in [0, 0.1) is 13.8 Å². The average molecular weight is 443 g/mol. The quantitative estimate of drug-likeness (QED) is 0.483. The fraction of sp³-hybridized carbons (Fsp3) is 0.227. The molecule has 0 unspecified atom stereocenters. The van der Waals surface area contributed by atoms with Crippen LogP contribution in [0.3, 0.4) is 0 Å². The summed E-state index contributed by atoms with van der Waals surface area (Å²) in [5.74, 6) is -0.0866. The summed E-state index contributed by atoms with van der Waals surface area (Å²) in [6.45, 7) is 3.57. The molecule has 3 aromatic heterocycles. The number of carbonyl (C=O) groups excluding carboxylic acids is 1. The van der Waals surface area contributed by atoms with E-state index >= 15 is 0 Å². The third-order valence-corrected chi connectivity index (χ3v) is 4.85. The second kappa shape index (κ2) is 8.37. The molecule has 0 aliphatic carbocycles. The van der Waals surface area contributed by atoms with Gasteiger partial charge in [0.05, 0.1) is 23.5 Å². The molecule has 0 fully saturated rings. The lowest BCUT2D eigenvalue weighted by molar-refractivity contribution is -0.138. The number of halogens is 3. The number of aryl methyl sites for hydroxylation is 2. The Morgan fingerprint density at radius 1 is 1.16 bits per heavy atom. The van der Waals surface area contributed by atoms with Gasteiger partial charge >= 0.3 is 6.18 Å². The van der Waals surface area contributed by atoms with E-state index in [-0.39, 0.29) is 17.9 Å². The van der Waals surface area contributed by atoms with Crippen molar-refractivity contribution in [3.63, 3.8) is 0 Å². The van der Waals surface area contributed by atoms with E-state index in [1.54, 1.807) is 55.2 Å². The van der Waals surface area contributed by atoms with Crippen molar-refractivity contribution in [2.45, 2.75) is 33.1 Å². The van der Waals surface area contributed by atoms with Crippen LogP contribution in [0.5, 0.6) is 0 Å². The monoisotopic (exact) mass is 443 g/mol. The maximum absolute atomic E-state index is 13.7. The lowest BCUT2D eigenvalue weighted by Gasteiger charge is -2.15. The summed E-state index contributed by atoms with van der Waals surface area (Å²) in [6.07, 6.45) is -1.22. The van der Waals surface area contributed by atoms with E-state index < -0.39 is 17.6 Å². The van der Waals surface area contributed by atoms with Crippen LogP contribution in [0.2, 0.25) is 0 Å². The first-order valence-corrected chi connectivity index (χ1v) is 9.79. The number of furan rings is 1. The van der Waals surface area contributed by atoms with E-state index in [9.17, 15) is 18.0 Å². The van der Waals surface area contributed by atoms with Crippen molar-refractivity contribution in [2.24, 2.45) is 0 Å². The van der Waals surface area contributed by atoms with Gasteiger partial charge in [-0.1, -0.05) is 6.07 Å². The molecule has 0 bridgehead atoms. The minimum atomic E-state index is -4.59. The summed E-state index contributed by atoms with van der Waals surface area (Å²) in [7, 11) is 0. The first-order valence-electron chi connectivity index (χ1n) is 9.79. The molecule has 1 N–H and O–H groups in total. The lowest BCUT2D eigenvalue weighted by atomic mass is 10.1. The number of nitrogens with one attached hydrogen (secondary N) is 1. The fourth-order valence-corrected chi connectivity index (χ4v) is 3.41. The molecule has 0 spiro atoms. The molecule has 0 saturated carbocycles. The van der Waals surface area contributed by atoms with Gasteiger partial charge in [0.2, 0.25) is 0 Å². The van der Waals surface area contributed by atoms with Gasteiger partial charge in [-0.25, -0.2) is 4.68 Å². The van der Waals surface area contributed by atoms with E-state index in [0.29, 0.717) is 23.7 Å². The number of amides is 1. The van der Waals surface area contributed by atoms with Crippen LogP contribution in [0.15, 0.2) is 59.3 Å². The SMILES string of the molecule is Cc1cc(C)n(-c2ccc(CNC(=O)c3ccc(Cn4cccn4)o3)c(C(F)(F)F)c2)n1. The highest BCUT2D eigenvalue weighted by molar-refractivity contribution is 5.91. The van der Waals surface area contributed by atoms with E-state index in [2.05, 4.69) is 15.5 Å². The smallest absolute Gasteiger partial charge is 0.416 e. The van der Waals surface area contributed by atoms with Crippen LogP contribution in [0.1, 0.15) is 38.8 Å². The standard InChI is InChI=1S/C22H20F3N5O2/c1-14-10-15(2)30(28-14)17-5-4-16(19(11-17)22(23,24)25)12-26-21(31)20-7-6-18(32-20)13-29-9-3-8-27-29/h3-11H,12-13H2,1-2H3,(H,26,31). The van der Waals surface area contributed by atoms with Crippen LogP contribution < -0.4 is 5.32 Å². The third-order valence-electron chi connectivity index (χ3n) is 4.85. The minimum Gasteiger partial charge on any atom is -0.454 e. The number of aromatic nitrogens is 4. The highest BCUT2D eigenvalue weighted by Crippen LogP contribution is 2.33. The summed E-state index contributed by atoms with van der Waals surface area (Å²) < 4.78 is 49.7. The number of carbonyl (C=O) groups is 1. The predicted molar refractivity (Wildman–Crippen MR) is 109 cm³/mol. The molecule has 10 heteroatoms. The van der Waals surface area contributed by atoms with E-state index in [4.69, 9.17) is 4.42 Å². The second-order valence-corrected chi connectivity index (χ2v) is 7.33. The molecule has 4 aromatic rings. The van der Waals surface area contributed by atoms with Gasteiger partial charge in [-0.05, 0) is 55.8 Å². The Morgan fingerprint density at radius 2 is 1.97 bits per heavy atom. The van der Waals surface area contributed by atoms with Gasteiger partial charge in [-0.15, -0.1) is 0 Å². The molecule has 0 atom stereocenters.